The first-order chi connectivity index (χ1) is 16.5. The first kappa shape index (κ1) is 22.0. The maximum atomic E-state index is 13.7. The zero-order valence-electron chi connectivity index (χ0n) is 17.8. The van der Waals surface area contributed by atoms with Gasteiger partial charge in [-0.05, 0) is 60.2 Å². The number of nitrogens with zero attached hydrogens (tertiary/aromatic N) is 2. The standard InChI is InChI=1S/C26H18ClN3O3S/c27-19-7-5-6-17(14-19)16-30-21-15-18(25(31)29-24-10-3-4-13-28-24)11-12-23(21)34(33)22-9-2-1-8-20(22)26(30)32/h1-15H,16H2,(H,28,29,31). The van der Waals surface area contributed by atoms with E-state index < -0.39 is 10.8 Å². The summed E-state index contributed by atoms with van der Waals surface area (Å²) in [5.74, 6) is -0.278. The van der Waals surface area contributed by atoms with E-state index in [4.69, 9.17) is 11.6 Å². The third kappa shape index (κ3) is 4.23. The molecule has 0 aliphatic carbocycles. The van der Waals surface area contributed by atoms with Crippen LogP contribution in [0.1, 0.15) is 26.3 Å². The van der Waals surface area contributed by atoms with Crippen LogP contribution in [0.4, 0.5) is 11.5 Å². The number of benzene rings is 3. The lowest BCUT2D eigenvalue weighted by atomic mass is 10.1. The van der Waals surface area contributed by atoms with E-state index in [-0.39, 0.29) is 18.4 Å². The molecule has 0 fully saturated rings. The van der Waals surface area contributed by atoms with Gasteiger partial charge in [-0.3, -0.25) is 9.59 Å². The van der Waals surface area contributed by atoms with Crippen LogP contribution in [0.2, 0.25) is 5.02 Å². The topological polar surface area (TPSA) is 79.4 Å². The number of carbonyl (C=O) groups excluding carboxylic acids is 2. The number of nitrogens with one attached hydrogen (secondary N) is 1. The van der Waals surface area contributed by atoms with Crippen LogP contribution in [-0.4, -0.2) is 21.0 Å². The van der Waals surface area contributed by atoms with Crippen molar-refractivity contribution in [1.82, 2.24) is 4.98 Å². The highest BCUT2D eigenvalue weighted by atomic mass is 35.5. The molecule has 1 unspecified atom stereocenters. The van der Waals surface area contributed by atoms with Gasteiger partial charge in [0.15, 0.2) is 0 Å². The lowest BCUT2D eigenvalue weighted by Crippen LogP contribution is -2.30. The molecule has 4 aromatic rings. The molecule has 8 heteroatoms. The van der Waals surface area contributed by atoms with Gasteiger partial charge in [0.1, 0.15) is 5.82 Å². The molecular formula is C26H18ClN3O3S. The molecule has 1 atom stereocenters. The fraction of sp³-hybridized carbons (Fsp3) is 0.0385. The number of rotatable bonds is 4. The van der Waals surface area contributed by atoms with Crippen molar-refractivity contribution in [3.63, 3.8) is 0 Å². The highest BCUT2D eigenvalue weighted by molar-refractivity contribution is 7.85. The molecule has 1 N–H and O–H groups in total. The van der Waals surface area contributed by atoms with E-state index in [1.807, 2.05) is 12.1 Å². The molecule has 6 nitrogen and oxygen atoms in total. The molecule has 1 aromatic heterocycles. The van der Waals surface area contributed by atoms with Gasteiger partial charge in [0, 0.05) is 16.8 Å². The van der Waals surface area contributed by atoms with E-state index in [1.54, 1.807) is 83.9 Å². The lowest BCUT2D eigenvalue weighted by molar-refractivity contribution is 0.0979. The second-order valence-corrected chi connectivity index (χ2v) is 9.49. The Bertz CT molecular complexity index is 1440. The molecule has 0 radical (unpaired) electrons. The van der Waals surface area contributed by atoms with Crippen molar-refractivity contribution in [3.05, 3.63) is 113 Å². The number of hydrogen-bond donors (Lipinski definition) is 1. The number of aromatic nitrogens is 1. The fourth-order valence-corrected chi connectivity index (χ4v) is 5.36. The molecule has 0 saturated heterocycles. The third-order valence-corrected chi connectivity index (χ3v) is 7.15. The zero-order valence-corrected chi connectivity index (χ0v) is 19.3. The Morgan fingerprint density at radius 2 is 1.76 bits per heavy atom. The van der Waals surface area contributed by atoms with Gasteiger partial charge in [0.2, 0.25) is 0 Å². The number of anilines is 2. The van der Waals surface area contributed by atoms with E-state index in [2.05, 4.69) is 10.3 Å². The van der Waals surface area contributed by atoms with Crippen LogP contribution in [0, 0.1) is 0 Å². The van der Waals surface area contributed by atoms with E-state index in [9.17, 15) is 13.8 Å². The smallest absolute Gasteiger partial charge is 0.259 e. The summed E-state index contributed by atoms with van der Waals surface area (Å²) >= 11 is 6.17. The average molecular weight is 488 g/mol. The molecule has 3 aromatic carbocycles. The minimum absolute atomic E-state index is 0.198. The van der Waals surface area contributed by atoms with E-state index in [0.29, 0.717) is 37.4 Å². The van der Waals surface area contributed by atoms with Gasteiger partial charge in [-0.25, -0.2) is 9.19 Å². The first-order valence-corrected chi connectivity index (χ1v) is 12.0. The maximum absolute atomic E-state index is 13.7. The number of fused-ring (bicyclic) bond motifs is 2. The van der Waals surface area contributed by atoms with Crippen LogP contribution in [0.25, 0.3) is 0 Å². The van der Waals surface area contributed by atoms with Crippen molar-refractivity contribution in [2.75, 3.05) is 10.2 Å². The molecule has 1 aliphatic rings. The number of halogens is 1. The number of carbonyl (C=O) groups is 2. The predicted octanol–water partition coefficient (Wildman–Crippen LogP) is 5.31. The molecule has 168 valence electrons. The third-order valence-electron chi connectivity index (χ3n) is 5.41. The largest absolute Gasteiger partial charge is 0.307 e. The van der Waals surface area contributed by atoms with Crippen molar-refractivity contribution in [3.8, 4) is 0 Å². The zero-order chi connectivity index (χ0) is 23.7. The van der Waals surface area contributed by atoms with Crippen LogP contribution >= 0.6 is 11.6 Å². The van der Waals surface area contributed by atoms with Gasteiger partial charge in [-0.2, -0.15) is 0 Å². The van der Waals surface area contributed by atoms with Crippen molar-refractivity contribution in [1.29, 1.82) is 0 Å². The Kier molecular flexibility index (Phi) is 5.96. The van der Waals surface area contributed by atoms with Crippen LogP contribution < -0.4 is 10.2 Å². The van der Waals surface area contributed by atoms with Gasteiger partial charge in [0.25, 0.3) is 11.8 Å². The van der Waals surface area contributed by atoms with E-state index in [1.165, 1.54) is 0 Å². The minimum Gasteiger partial charge on any atom is -0.307 e. The highest BCUT2D eigenvalue weighted by Gasteiger charge is 2.31. The lowest BCUT2D eigenvalue weighted by Gasteiger charge is -2.23. The minimum atomic E-state index is -1.60. The average Bonchev–Trinajstić information content (AvgIpc) is 2.94. The molecule has 5 rings (SSSR count). The Balaban J connectivity index is 1.61. The second kappa shape index (κ2) is 9.21. The van der Waals surface area contributed by atoms with Crippen LogP contribution in [0.5, 0.6) is 0 Å². The second-order valence-electron chi connectivity index (χ2n) is 7.64. The van der Waals surface area contributed by atoms with Crippen molar-refractivity contribution < 1.29 is 13.8 Å². The fourth-order valence-electron chi connectivity index (χ4n) is 3.80. The molecular weight excluding hydrogens is 470 g/mol. The van der Waals surface area contributed by atoms with Gasteiger partial charge in [-0.1, -0.05) is 41.9 Å². The number of pyridine rings is 1. The molecule has 0 saturated carbocycles. The SMILES string of the molecule is O=C(Nc1ccccn1)c1ccc2c(c1)N(Cc1cccc(Cl)c1)C(=O)c1ccccc1S2=O. The van der Waals surface area contributed by atoms with Gasteiger partial charge < -0.3 is 10.2 Å². The summed E-state index contributed by atoms with van der Waals surface area (Å²) in [6, 6.07) is 24.1. The van der Waals surface area contributed by atoms with Gasteiger partial charge in [-0.15, -0.1) is 0 Å². The molecule has 1 aliphatic heterocycles. The quantitative estimate of drug-likeness (QED) is 0.423. The van der Waals surface area contributed by atoms with E-state index in [0.717, 1.165) is 5.56 Å². The van der Waals surface area contributed by atoms with Gasteiger partial charge >= 0.3 is 0 Å². The monoisotopic (exact) mass is 487 g/mol. The Labute approximate surface area is 203 Å². The van der Waals surface area contributed by atoms with Crippen LogP contribution in [0.3, 0.4) is 0 Å². The summed E-state index contributed by atoms with van der Waals surface area (Å²) in [4.78, 5) is 33.1. The molecule has 2 amide bonds. The van der Waals surface area contributed by atoms with Crippen LogP contribution in [-0.2, 0) is 17.3 Å². The molecule has 34 heavy (non-hydrogen) atoms. The number of hydrogen-bond acceptors (Lipinski definition) is 4. The van der Waals surface area contributed by atoms with Crippen LogP contribution in [0.15, 0.2) is 101 Å². The Hall–Kier alpha value is -3.81. The van der Waals surface area contributed by atoms with Gasteiger partial charge in [0.05, 0.1) is 38.4 Å². The molecule has 2 heterocycles. The van der Waals surface area contributed by atoms with Crippen molar-refractivity contribution >= 4 is 45.7 Å². The van der Waals surface area contributed by atoms with Crippen molar-refractivity contribution in [2.24, 2.45) is 0 Å². The Morgan fingerprint density at radius 3 is 2.56 bits per heavy atom. The summed E-state index contributed by atoms with van der Waals surface area (Å²) in [7, 11) is -1.60. The summed E-state index contributed by atoms with van der Waals surface area (Å²) < 4.78 is 13.5. The summed E-state index contributed by atoms with van der Waals surface area (Å²) in [6.45, 7) is 0.198. The molecule has 0 spiro atoms. The summed E-state index contributed by atoms with van der Waals surface area (Å²) in [6.07, 6.45) is 1.58. The highest BCUT2D eigenvalue weighted by Crippen LogP contribution is 2.36. The molecule has 0 bridgehead atoms. The van der Waals surface area contributed by atoms with E-state index >= 15 is 0 Å². The summed E-state index contributed by atoms with van der Waals surface area (Å²) in [5.41, 5.74) is 1.89. The Morgan fingerprint density at radius 1 is 0.941 bits per heavy atom. The first-order valence-electron chi connectivity index (χ1n) is 10.4. The van der Waals surface area contributed by atoms with Crippen molar-refractivity contribution in [2.45, 2.75) is 16.3 Å². The normalized spacial score (nSPS) is 14.7. The predicted molar refractivity (Wildman–Crippen MR) is 132 cm³/mol. The number of amides is 2. The summed E-state index contributed by atoms with van der Waals surface area (Å²) in [5, 5.41) is 3.29. The maximum Gasteiger partial charge on any atom is 0.259 e.